The van der Waals surface area contributed by atoms with Crippen molar-refractivity contribution in [2.75, 3.05) is 0 Å². The largest absolute Gasteiger partial charge is 0.0622 e. The van der Waals surface area contributed by atoms with Gasteiger partial charge in [0.1, 0.15) is 0 Å². The number of halogens is 1. The third-order valence-electron chi connectivity index (χ3n) is 11.0. The fourth-order valence-corrected chi connectivity index (χ4v) is 37.9. The third kappa shape index (κ3) is 6.12. The number of hydrogen-bond donors (Lipinski definition) is 1. The Kier molecular flexibility index (Phi) is 8.66. The molecule has 1 N–H and O–H groups in total. The summed E-state index contributed by atoms with van der Waals surface area (Å²) < 4.78 is 23.7. The van der Waals surface area contributed by atoms with Crippen molar-refractivity contribution in [3.05, 3.63) is 112 Å². The van der Waals surface area contributed by atoms with Crippen molar-refractivity contribution in [3.8, 4) is 11.1 Å². The van der Waals surface area contributed by atoms with Crippen molar-refractivity contribution in [2.45, 2.75) is 82.7 Å². The summed E-state index contributed by atoms with van der Waals surface area (Å²) in [5.74, 6) is 1.82. The zero-order chi connectivity index (χ0) is 29.5. The van der Waals surface area contributed by atoms with Crippen molar-refractivity contribution in [1.29, 1.82) is 0 Å². The topological polar surface area (TPSA) is 12.0 Å². The smallest absolute Gasteiger partial charge is 0.0184 e. The zero-order valence-corrected chi connectivity index (χ0v) is 30.7. The number of rotatable bonds is 6. The molecule has 8 rings (SSSR count). The standard InChI is InChI=1S/C12H10.C10H15FN.C9H13.C6H7Ge.CH3.Ti/c1-3-7-11(8-4-1)12-9-5-2-6-10-12;11-9-2-7-1-8(3-9)5-10(12,4-7)6-9;1-6-5-7(2)9(4)8(6)3;7-6-4-2-1-3-5-6;;/h1-10H;7-8,12H,1-6H2;6H,1-4H3;1-5H,7H2;1H3;/q;-1;;;;+1. The van der Waals surface area contributed by atoms with Gasteiger partial charge in [0.15, 0.2) is 0 Å². The van der Waals surface area contributed by atoms with E-state index in [0.29, 0.717) is 17.8 Å². The van der Waals surface area contributed by atoms with Crippen LogP contribution in [0.1, 0.15) is 66.2 Å². The molecule has 0 aromatic heterocycles. The van der Waals surface area contributed by atoms with Gasteiger partial charge in [-0.3, -0.25) is 0 Å². The molecule has 1 nitrogen and oxygen atoms in total. The van der Waals surface area contributed by atoms with Gasteiger partial charge in [-0.15, -0.1) is 0 Å². The Balaban J connectivity index is 0.000000219. The first-order chi connectivity index (χ1) is 20.1. The summed E-state index contributed by atoms with van der Waals surface area (Å²) in [5, 5.41) is 2.68. The van der Waals surface area contributed by atoms with Gasteiger partial charge in [-0.2, -0.15) is 0 Å². The Bertz CT molecular complexity index is 1420. The molecule has 5 aliphatic rings. The molecular formula is C38H48FGeNTi. The molecule has 3 aromatic carbocycles. The predicted molar refractivity (Wildman–Crippen MR) is 177 cm³/mol. The van der Waals surface area contributed by atoms with Gasteiger partial charge in [-0.1, -0.05) is 60.7 Å². The number of allylic oxidation sites excluding steroid dienone is 4. The Morgan fingerprint density at radius 1 is 0.738 bits per heavy atom. The Hall–Kier alpha value is -1.71. The average Bonchev–Trinajstić information content (AvgIpc) is 3.15. The van der Waals surface area contributed by atoms with Crippen LogP contribution in [0.3, 0.4) is 0 Å². The van der Waals surface area contributed by atoms with Crippen molar-refractivity contribution in [1.82, 2.24) is 3.80 Å². The summed E-state index contributed by atoms with van der Waals surface area (Å²) in [4.78, 5) is 0. The molecule has 0 spiro atoms. The maximum absolute atomic E-state index is 15.8. The molecule has 220 valence electrons. The number of hydrogen-bond acceptors (Lipinski definition) is 1. The number of alkyl halides is 1. The maximum atomic E-state index is 15.8. The fraction of sp³-hybridized carbons (Fsp3) is 0.421. The van der Waals surface area contributed by atoms with Crippen LogP contribution in [-0.4, -0.2) is 23.8 Å². The zero-order valence-electron chi connectivity index (χ0n) is 26.2. The van der Waals surface area contributed by atoms with Crippen LogP contribution in [0.2, 0.25) is 5.23 Å². The van der Waals surface area contributed by atoms with Crippen molar-refractivity contribution in [3.63, 3.8) is 0 Å². The Labute approximate surface area is 261 Å². The molecule has 0 radical (unpaired) electrons. The molecule has 4 saturated carbocycles. The van der Waals surface area contributed by atoms with Crippen LogP contribution in [0, 0.1) is 17.8 Å². The van der Waals surface area contributed by atoms with Crippen LogP contribution >= 0.6 is 0 Å². The molecule has 42 heavy (non-hydrogen) atoms. The minimum absolute atomic E-state index is 0.0883. The normalized spacial score (nSPS) is 31.4. The molecule has 4 unspecified atom stereocenters. The van der Waals surface area contributed by atoms with E-state index in [1.54, 1.807) is 19.4 Å². The molecule has 4 bridgehead atoms. The summed E-state index contributed by atoms with van der Waals surface area (Å²) in [7, 11) is 0. The summed E-state index contributed by atoms with van der Waals surface area (Å²) >= 11 is -3.58. The van der Waals surface area contributed by atoms with Gasteiger partial charge in [0.05, 0.1) is 0 Å². The van der Waals surface area contributed by atoms with Crippen LogP contribution in [0.4, 0.5) is 4.39 Å². The Morgan fingerprint density at radius 2 is 1.24 bits per heavy atom. The van der Waals surface area contributed by atoms with Gasteiger partial charge in [-0.05, 0) is 11.1 Å². The quantitative estimate of drug-likeness (QED) is 0.261. The van der Waals surface area contributed by atoms with E-state index in [2.05, 4.69) is 116 Å². The van der Waals surface area contributed by atoms with E-state index < -0.39 is 32.9 Å². The van der Waals surface area contributed by atoms with Crippen LogP contribution in [0.15, 0.2) is 112 Å². The van der Waals surface area contributed by atoms with E-state index >= 15 is 4.39 Å². The molecule has 0 saturated heterocycles. The van der Waals surface area contributed by atoms with Crippen LogP contribution in [0.25, 0.3) is 11.1 Å². The van der Waals surface area contributed by atoms with Gasteiger partial charge in [0, 0.05) is 0 Å². The van der Waals surface area contributed by atoms with Crippen LogP contribution < -0.4 is 8.19 Å². The first-order valence-electron chi connectivity index (χ1n) is 16.1. The van der Waals surface area contributed by atoms with Crippen LogP contribution in [-0.2, 0) is 14.6 Å². The summed E-state index contributed by atoms with van der Waals surface area (Å²) in [6, 6.07) is 32.1. The summed E-state index contributed by atoms with van der Waals surface area (Å²) in [6.07, 6.45) is 6.23. The molecule has 5 aliphatic carbocycles. The fourth-order valence-electron chi connectivity index (χ4n) is 9.61. The van der Waals surface area contributed by atoms with E-state index in [4.69, 9.17) is 0 Å². The van der Waals surface area contributed by atoms with E-state index in [1.807, 2.05) is 12.1 Å². The van der Waals surface area contributed by atoms with Gasteiger partial charge in [0.25, 0.3) is 0 Å². The van der Waals surface area contributed by atoms with Gasteiger partial charge in [0.2, 0.25) is 0 Å². The molecule has 4 atom stereocenters. The second-order valence-corrected chi connectivity index (χ2v) is 37.3. The predicted octanol–water partition coefficient (Wildman–Crippen LogP) is 8.78. The van der Waals surface area contributed by atoms with Gasteiger partial charge in [-0.25, -0.2) is 0 Å². The molecule has 0 aliphatic heterocycles. The first-order valence-corrected chi connectivity index (χ1v) is 27.9. The van der Waals surface area contributed by atoms with Crippen LogP contribution in [0.5, 0.6) is 0 Å². The third-order valence-corrected chi connectivity index (χ3v) is 33.1. The van der Waals surface area contributed by atoms with Gasteiger partial charge < -0.3 is 0 Å². The monoisotopic (exact) mass is 659 g/mol. The molecule has 4 fully saturated rings. The average molecular weight is 658 g/mol. The summed E-state index contributed by atoms with van der Waals surface area (Å²) in [5.41, 5.74) is 6.44. The second-order valence-electron chi connectivity index (χ2n) is 14.3. The first kappa shape index (κ1) is 30.3. The van der Waals surface area contributed by atoms with E-state index in [0.717, 1.165) is 19.3 Å². The van der Waals surface area contributed by atoms with E-state index in [-0.39, 0.29) is 5.54 Å². The van der Waals surface area contributed by atoms with Gasteiger partial charge >= 0.3 is 191 Å². The molecule has 4 heteroatoms. The molecular weight excluding hydrogens is 610 g/mol. The maximum Gasteiger partial charge on any atom is -0.0184 e. The molecule has 0 amide bonds. The van der Waals surface area contributed by atoms with E-state index in [9.17, 15) is 0 Å². The SMILES string of the molecule is CC1=C(C)C(C)[C]([Ti]([CH3])([NH]C23CC4CC(CC(F)(C4)C2)C3)[GeH2][c]2ccccc2)=C1C.c1ccc(-c2ccccc2)cc1. The number of nitrogens with one attached hydrogen (secondary N) is 1. The molecule has 3 aromatic rings. The van der Waals surface area contributed by atoms with Crippen molar-refractivity contribution in [2.24, 2.45) is 17.8 Å². The number of benzene rings is 3. The summed E-state index contributed by atoms with van der Waals surface area (Å²) in [6.45, 7) is 9.50. The minimum Gasteiger partial charge on any atom is -0.0622 e. The van der Waals surface area contributed by atoms with Crippen molar-refractivity contribution >= 4 is 17.0 Å². The Morgan fingerprint density at radius 3 is 1.69 bits per heavy atom. The minimum atomic E-state index is -2.54. The van der Waals surface area contributed by atoms with E-state index in [1.165, 1.54) is 36.0 Å². The van der Waals surface area contributed by atoms with Crippen molar-refractivity contribution < 1.29 is 19.0 Å². The second kappa shape index (κ2) is 12.0. The molecule has 0 heterocycles.